The van der Waals surface area contributed by atoms with Crippen molar-refractivity contribution in [3.63, 3.8) is 0 Å². The zero-order valence-corrected chi connectivity index (χ0v) is 18.6. The van der Waals surface area contributed by atoms with E-state index in [2.05, 4.69) is 21.2 Å². The molecule has 0 radical (unpaired) electrons. The standard InChI is InChI=1S/C22H20BrFN2O3S/c1-16-6-8-17(9-7-16)14-26(30(28,29)19-12-10-18(23)11-13-19)15-22(27)25-21-5-3-2-4-20(21)24/h2-13H,14-15H2,1H3,(H,25,27). The molecular weight excluding hydrogens is 471 g/mol. The van der Waals surface area contributed by atoms with Crippen LogP contribution in [-0.4, -0.2) is 25.2 Å². The van der Waals surface area contributed by atoms with Crippen molar-refractivity contribution < 1.29 is 17.6 Å². The molecule has 0 saturated carbocycles. The minimum absolute atomic E-state index is 0.00109. The van der Waals surface area contributed by atoms with Gasteiger partial charge in [0.2, 0.25) is 15.9 Å². The fourth-order valence-corrected chi connectivity index (χ4v) is 4.44. The summed E-state index contributed by atoms with van der Waals surface area (Å²) in [4.78, 5) is 12.6. The van der Waals surface area contributed by atoms with Crippen LogP contribution < -0.4 is 5.32 Å². The summed E-state index contributed by atoms with van der Waals surface area (Å²) < 4.78 is 42.1. The summed E-state index contributed by atoms with van der Waals surface area (Å²) in [6.45, 7) is 1.48. The van der Waals surface area contributed by atoms with Crippen LogP contribution in [0.3, 0.4) is 0 Å². The second kappa shape index (κ2) is 9.51. The number of sulfonamides is 1. The number of anilines is 1. The van der Waals surface area contributed by atoms with Gasteiger partial charge in [-0.15, -0.1) is 0 Å². The second-order valence-electron chi connectivity index (χ2n) is 6.74. The molecule has 5 nitrogen and oxygen atoms in total. The predicted molar refractivity (Wildman–Crippen MR) is 118 cm³/mol. The van der Waals surface area contributed by atoms with Crippen molar-refractivity contribution in [3.8, 4) is 0 Å². The van der Waals surface area contributed by atoms with Gasteiger partial charge in [0.25, 0.3) is 0 Å². The molecule has 8 heteroatoms. The lowest BCUT2D eigenvalue weighted by atomic mass is 10.1. The Morgan fingerprint density at radius 3 is 2.27 bits per heavy atom. The van der Waals surface area contributed by atoms with Crippen molar-refractivity contribution in [2.24, 2.45) is 0 Å². The van der Waals surface area contributed by atoms with Crippen LogP contribution in [0.1, 0.15) is 11.1 Å². The summed E-state index contributed by atoms with van der Waals surface area (Å²) in [6, 6.07) is 19.3. The van der Waals surface area contributed by atoms with E-state index in [-0.39, 0.29) is 17.1 Å². The smallest absolute Gasteiger partial charge is 0.243 e. The van der Waals surface area contributed by atoms with Crippen LogP contribution in [0.15, 0.2) is 82.2 Å². The normalized spacial score (nSPS) is 11.5. The summed E-state index contributed by atoms with van der Waals surface area (Å²) in [5, 5.41) is 2.44. The van der Waals surface area contributed by atoms with Crippen LogP contribution in [0.4, 0.5) is 10.1 Å². The molecule has 3 aromatic rings. The molecule has 0 aliphatic rings. The van der Waals surface area contributed by atoms with Crippen molar-refractivity contribution in [1.29, 1.82) is 0 Å². The topological polar surface area (TPSA) is 66.5 Å². The molecule has 156 valence electrons. The fourth-order valence-electron chi connectivity index (χ4n) is 2.79. The van der Waals surface area contributed by atoms with E-state index in [9.17, 15) is 17.6 Å². The van der Waals surface area contributed by atoms with Gasteiger partial charge in [0, 0.05) is 11.0 Å². The van der Waals surface area contributed by atoms with Crippen molar-refractivity contribution in [1.82, 2.24) is 4.31 Å². The third kappa shape index (κ3) is 5.53. The van der Waals surface area contributed by atoms with Crippen molar-refractivity contribution in [3.05, 3.63) is 94.2 Å². The zero-order chi connectivity index (χ0) is 21.7. The number of amides is 1. The summed E-state index contributed by atoms with van der Waals surface area (Å²) in [5.74, 6) is -1.22. The maximum Gasteiger partial charge on any atom is 0.243 e. The van der Waals surface area contributed by atoms with Gasteiger partial charge in [-0.05, 0) is 48.9 Å². The molecule has 0 atom stereocenters. The number of benzene rings is 3. The Hall–Kier alpha value is -2.55. The van der Waals surface area contributed by atoms with Gasteiger partial charge in [-0.3, -0.25) is 4.79 Å². The average molecular weight is 491 g/mol. The first kappa shape index (κ1) is 22.1. The monoisotopic (exact) mass is 490 g/mol. The third-order valence-electron chi connectivity index (χ3n) is 4.40. The molecule has 1 N–H and O–H groups in total. The minimum atomic E-state index is -3.97. The van der Waals surface area contributed by atoms with Crippen LogP contribution in [-0.2, 0) is 21.4 Å². The largest absolute Gasteiger partial charge is 0.322 e. The quantitative estimate of drug-likeness (QED) is 0.520. The van der Waals surface area contributed by atoms with Gasteiger partial charge in [0.1, 0.15) is 5.82 Å². The Kier molecular flexibility index (Phi) is 7.02. The Morgan fingerprint density at radius 1 is 1.00 bits per heavy atom. The molecule has 0 aliphatic carbocycles. The highest BCUT2D eigenvalue weighted by atomic mass is 79.9. The van der Waals surface area contributed by atoms with Crippen LogP contribution in [0.5, 0.6) is 0 Å². The average Bonchev–Trinajstić information content (AvgIpc) is 2.71. The maximum atomic E-state index is 13.9. The zero-order valence-electron chi connectivity index (χ0n) is 16.2. The number of aryl methyl sites for hydroxylation is 1. The molecule has 0 aromatic heterocycles. The number of carbonyl (C=O) groups excluding carboxylic acids is 1. The first-order valence-corrected chi connectivity index (χ1v) is 11.3. The van der Waals surface area contributed by atoms with Crippen LogP contribution >= 0.6 is 15.9 Å². The SMILES string of the molecule is Cc1ccc(CN(CC(=O)Nc2ccccc2F)S(=O)(=O)c2ccc(Br)cc2)cc1. The number of hydrogen-bond donors (Lipinski definition) is 1. The van der Waals surface area contributed by atoms with Crippen molar-refractivity contribution in [2.45, 2.75) is 18.4 Å². The molecule has 0 aliphatic heterocycles. The molecule has 1 amide bonds. The molecule has 3 rings (SSSR count). The third-order valence-corrected chi connectivity index (χ3v) is 6.73. The van der Waals surface area contributed by atoms with Crippen LogP contribution in [0, 0.1) is 12.7 Å². The number of halogens is 2. The summed E-state index contributed by atoms with van der Waals surface area (Å²) in [6.07, 6.45) is 0. The highest BCUT2D eigenvalue weighted by Gasteiger charge is 2.27. The van der Waals surface area contributed by atoms with Gasteiger partial charge in [0.15, 0.2) is 0 Å². The van der Waals surface area contributed by atoms with E-state index in [1.807, 2.05) is 31.2 Å². The Bertz CT molecular complexity index is 1130. The number of rotatable bonds is 7. The van der Waals surface area contributed by atoms with Gasteiger partial charge in [-0.1, -0.05) is 57.9 Å². The first-order chi connectivity index (χ1) is 14.3. The van der Waals surface area contributed by atoms with Crippen LogP contribution in [0.2, 0.25) is 0 Å². The van der Waals surface area contributed by atoms with E-state index in [1.54, 1.807) is 18.2 Å². The minimum Gasteiger partial charge on any atom is -0.322 e. The fraction of sp³-hybridized carbons (Fsp3) is 0.136. The van der Waals surface area contributed by atoms with Gasteiger partial charge in [-0.25, -0.2) is 12.8 Å². The molecule has 30 heavy (non-hydrogen) atoms. The van der Waals surface area contributed by atoms with E-state index in [1.165, 1.54) is 30.3 Å². The van der Waals surface area contributed by atoms with Crippen molar-refractivity contribution in [2.75, 3.05) is 11.9 Å². The van der Waals surface area contributed by atoms with E-state index < -0.39 is 28.3 Å². The second-order valence-corrected chi connectivity index (χ2v) is 9.59. The molecule has 0 bridgehead atoms. The number of para-hydroxylation sites is 1. The van der Waals surface area contributed by atoms with E-state index >= 15 is 0 Å². The highest BCUT2D eigenvalue weighted by molar-refractivity contribution is 9.10. The number of nitrogens with one attached hydrogen (secondary N) is 1. The summed E-state index contributed by atoms with van der Waals surface area (Å²) in [5.41, 5.74) is 1.78. The molecule has 0 saturated heterocycles. The van der Waals surface area contributed by atoms with Gasteiger partial charge in [-0.2, -0.15) is 4.31 Å². The van der Waals surface area contributed by atoms with Gasteiger partial charge >= 0.3 is 0 Å². The summed E-state index contributed by atoms with van der Waals surface area (Å²) in [7, 11) is -3.97. The van der Waals surface area contributed by atoms with E-state index in [0.717, 1.165) is 19.9 Å². The van der Waals surface area contributed by atoms with Gasteiger partial charge < -0.3 is 5.32 Å². The highest BCUT2D eigenvalue weighted by Crippen LogP contribution is 2.21. The lowest BCUT2D eigenvalue weighted by Crippen LogP contribution is -2.37. The number of nitrogens with zero attached hydrogens (tertiary/aromatic N) is 1. The molecule has 0 fully saturated rings. The van der Waals surface area contributed by atoms with E-state index in [0.29, 0.717) is 0 Å². The molecule has 0 spiro atoms. The van der Waals surface area contributed by atoms with E-state index in [4.69, 9.17) is 0 Å². The molecule has 3 aromatic carbocycles. The molecular formula is C22H20BrFN2O3S. The first-order valence-electron chi connectivity index (χ1n) is 9.11. The summed E-state index contributed by atoms with van der Waals surface area (Å²) >= 11 is 3.29. The lowest BCUT2D eigenvalue weighted by Gasteiger charge is -2.22. The lowest BCUT2D eigenvalue weighted by molar-refractivity contribution is -0.116. The number of hydrogen-bond acceptors (Lipinski definition) is 3. The van der Waals surface area contributed by atoms with Gasteiger partial charge in [0.05, 0.1) is 17.1 Å². The number of carbonyl (C=O) groups is 1. The Balaban J connectivity index is 1.88. The Morgan fingerprint density at radius 2 is 1.63 bits per heavy atom. The molecule has 0 heterocycles. The Labute approximate surface area is 183 Å². The predicted octanol–water partition coefficient (Wildman–Crippen LogP) is 4.73. The van der Waals surface area contributed by atoms with Crippen LogP contribution in [0.25, 0.3) is 0 Å². The maximum absolute atomic E-state index is 13.9. The molecule has 0 unspecified atom stereocenters. The van der Waals surface area contributed by atoms with Crippen molar-refractivity contribution >= 4 is 37.5 Å².